The van der Waals surface area contributed by atoms with Crippen LogP contribution in [-0.4, -0.2) is 31.9 Å². The number of benzene rings is 3. The van der Waals surface area contributed by atoms with E-state index >= 15 is 0 Å². The molecule has 0 heterocycles. The number of rotatable bonds is 15. The van der Waals surface area contributed by atoms with Crippen LogP contribution in [-0.2, 0) is 20.7 Å². The molecule has 1 unspecified atom stereocenters. The van der Waals surface area contributed by atoms with Crippen LogP contribution < -0.4 is 4.74 Å². The van der Waals surface area contributed by atoms with Crippen molar-refractivity contribution in [2.75, 3.05) is 19.8 Å². The van der Waals surface area contributed by atoms with Crippen molar-refractivity contribution in [2.45, 2.75) is 70.8 Å². The Morgan fingerprint density at radius 1 is 0.784 bits per heavy atom. The highest BCUT2D eigenvalue weighted by atomic mass is 16.6. The van der Waals surface area contributed by atoms with Crippen molar-refractivity contribution in [1.29, 1.82) is 0 Å². The lowest BCUT2D eigenvalue weighted by Gasteiger charge is -2.17. The van der Waals surface area contributed by atoms with Crippen LogP contribution in [0.5, 0.6) is 5.75 Å². The number of esters is 1. The van der Waals surface area contributed by atoms with Gasteiger partial charge in [0.15, 0.2) is 6.10 Å². The Morgan fingerprint density at radius 3 is 2.08 bits per heavy atom. The molecule has 1 atom stereocenters. The van der Waals surface area contributed by atoms with Crippen molar-refractivity contribution in [3.05, 3.63) is 89.5 Å². The molecule has 0 aliphatic heterocycles. The van der Waals surface area contributed by atoms with Gasteiger partial charge in [0.1, 0.15) is 5.75 Å². The summed E-state index contributed by atoms with van der Waals surface area (Å²) in [4.78, 5) is 12.5. The Hall–Kier alpha value is -3.11. The second-order valence-corrected chi connectivity index (χ2v) is 9.74. The van der Waals surface area contributed by atoms with Crippen LogP contribution >= 0.6 is 0 Å². The molecule has 0 N–H and O–H groups in total. The smallest absolute Gasteiger partial charge is 0.335 e. The summed E-state index contributed by atoms with van der Waals surface area (Å²) in [5.74, 6) is 0.914. The Balaban J connectivity index is 1.29. The SMILES string of the molecule is CCCCCCCOC(Cc1ccc(OCCC2c3ccccc3-c3ccccc32)cc1)C(=O)OCC. The average molecular weight is 501 g/mol. The summed E-state index contributed by atoms with van der Waals surface area (Å²) in [7, 11) is 0. The number of unbranched alkanes of at least 4 members (excludes halogenated alkanes) is 4. The van der Waals surface area contributed by atoms with Crippen molar-refractivity contribution in [3.63, 3.8) is 0 Å². The Morgan fingerprint density at radius 2 is 1.43 bits per heavy atom. The quantitative estimate of drug-likeness (QED) is 0.158. The van der Waals surface area contributed by atoms with Crippen LogP contribution in [0.15, 0.2) is 72.8 Å². The van der Waals surface area contributed by atoms with Crippen LogP contribution in [0.1, 0.15) is 75.0 Å². The van der Waals surface area contributed by atoms with Crippen molar-refractivity contribution < 1.29 is 19.0 Å². The third-order valence-electron chi connectivity index (χ3n) is 7.10. The molecule has 196 valence electrons. The van der Waals surface area contributed by atoms with Gasteiger partial charge in [0.2, 0.25) is 0 Å². The lowest BCUT2D eigenvalue weighted by molar-refractivity contribution is -0.156. The fourth-order valence-corrected chi connectivity index (χ4v) is 5.18. The maximum atomic E-state index is 12.5. The molecular weight excluding hydrogens is 460 g/mol. The average Bonchev–Trinajstić information content (AvgIpc) is 3.25. The minimum Gasteiger partial charge on any atom is -0.494 e. The molecular formula is C33H40O4. The summed E-state index contributed by atoms with van der Waals surface area (Å²) in [5.41, 5.74) is 6.49. The van der Waals surface area contributed by atoms with Gasteiger partial charge >= 0.3 is 5.97 Å². The van der Waals surface area contributed by atoms with Gasteiger partial charge in [-0.05, 0) is 59.7 Å². The van der Waals surface area contributed by atoms with E-state index in [1.807, 2.05) is 31.2 Å². The van der Waals surface area contributed by atoms with Crippen LogP contribution in [0.2, 0.25) is 0 Å². The fraction of sp³-hybridized carbons (Fsp3) is 0.424. The normalized spacial score (nSPS) is 13.1. The van der Waals surface area contributed by atoms with Crippen LogP contribution in [0, 0.1) is 0 Å². The van der Waals surface area contributed by atoms with Crippen LogP contribution in [0.4, 0.5) is 0 Å². The summed E-state index contributed by atoms with van der Waals surface area (Å²) in [6, 6.07) is 25.4. The first-order chi connectivity index (χ1) is 18.2. The van der Waals surface area contributed by atoms with E-state index < -0.39 is 6.10 Å². The molecule has 0 amide bonds. The first kappa shape index (κ1) is 26.9. The van der Waals surface area contributed by atoms with Gasteiger partial charge in [-0.2, -0.15) is 0 Å². The van der Waals surface area contributed by atoms with E-state index in [0.717, 1.165) is 30.6 Å². The molecule has 4 nitrogen and oxygen atoms in total. The standard InChI is InChI=1S/C33H40O4/c1-3-5-6-7-12-22-37-32(33(34)35-4-2)24-25-17-19-26(20-18-25)36-23-21-31-29-15-10-8-13-27(29)28-14-9-11-16-30(28)31/h8-11,13-20,31-32H,3-7,12,21-24H2,1-2H3. The van der Waals surface area contributed by atoms with Crippen molar-refractivity contribution in [2.24, 2.45) is 0 Å². The summed E-state index contributed by atoms with van der Waals surface area (Å²) < 4.78 is 17.3. The van der Waals surface area contributed by atoms with E-state index in [-0.39, 0.29) is 5.97 Å². The van der Waals surface area contributed by atoms with Gasteiger partial charge in [-0.1, -0.05) is 93.3 Å². The first-order valence-electron chi connectivity index (χ1n) is 13.9. The molecule has 3 aromatic rings. The molecule has 0 fully saturated rings. The highest BCUT2D eigenvalue weighted by Crippen LogP contribution is 2.46. The lowest BCUT2D eigenvalue weighted by Crippen LogP contribution is -2.29. The van der Waals surface area contributed by atoms with Crippen molar-refractivity contribution in [1.82, 2.24) is 0 Å². The van der Waals surface area contributed by atoms with Crippen molar-refractivity contribution >= 4 is 5.97 Å². The topological polar surface area (TPSA) is 44.8 Å². The van der Waals surface area contributed by atoms with Crippen LogP contribution in [0.3, 0.4) is 0 Å². The number of hydrogen-bond acceptors (Lipinski definition) is 4. The highest BCUT2D eigenvalue weighted by Gasteiger charge is 2.27. The van der Waals surface area contributed by atoms with E-state index in [9.17, 15) is 4.79 Å². The monoisotopic (exact) mass is 500 g/mol. The Kier molecular flexibility index (Phi) is 10.2. The summed E-state index contributed by atoms with van der Waals surface area (Å²) >= 11 is 0. The molecule has 4 heteroatoms. The number of carbonyl (C=O) groups excluding carboxylic acids is 1. The molecule has 0 saturated heterocycles. The number of carbonyl (C=O) groups is 1. The Labute approximate surface area is 222 Å². The van der Waals surface area contributed by atoms with Gasteiger partial charge in [-0.3, -0.25) is 0 Å². The molecule has 0 bridgehead atoms. The van der Waals surface area contributed by atoms with E-state index in [0.29, 0.717) is 32.2 Å². The molecule has 0 aromatic heterocycles. The van der Waals surface area contributed by atoms with E-state index in [1.54, 1.807) is 0 Å². The highest BCUT2D eigenvalue weighted by molar-refractivity contribution is 5.78. The predicted octanol–water partition coefficient (Wildman–Crippen LogP) is 7.73. The van der Waals surface area contributed by atoms with Gasteiger partial charge in [0.25, 0.3) is 0 Å². The van der Waals surface area contributed by atoms with E-state index in [1.165, 1.54) is 41.5 Å². The summed E-state index contributed by atoms with van der Waals surface area (Å²) in [6.45, 7) is 5.62. The van der Waals surface area contributed by atoms with Gasteiger partial charge in [-0.15, -0.1) is 0 Å². The molecule has 1 aliphatic rings. The summed E-state index contributed by atoms with van der Waals surface area (Å²) in [5, 5.41) is 0. The van der Waals surface area contributed by atoms with E-state index in [4.69, 9.17) is 14.2 Å². The van der Waals surface area contributed by atoms with Gasteiger partial charge in [0.05, 0.1) is 13.2 Å². The van der Waals surface area contributed by atoms with Gasteiger partial charge in [-0.25, -0.2) is 4.79 Å². The van der Waals surface area contributed by atoms with Crippen LogP contribution in [0.25, 0.3) is 11.1 Å². The molecule has 3 aromatic carbocycles. The maximum absolute atomic E-state index is 12.5. The summed E-state index contributed by atoms with van der Waals surface area (Å²) in [6.07, 6.45) is 6.64. The number of ether oxygens (including phenoxy) is 3. The molecule has 1 aliphatic carbocycles. The van der Waals surface area contributed by atoms with E-state index in [2.05, 4.69) is 55.5 Å². The predicted molar refractivity (Wildman–Crippen MR) is 149 cm³/mol. The molecule has 0 saturated carbocycles. The van der Waals surface area contributed by atoms with Crippen molar-refractivity contribution in [3.8, 4) is 16.9 Å². The zero-order valence-electron chi connectivity index (χ0n) is 22.3. The zero-order valence-corrected chi connectivity index (χ0v) is 22.3. The molecule has 0 spiro atoms. The second kappa shape index (κ2) is 14.0. The second-order valence-electron chi connectivity index (χ2n) is 9.74. The minimum absolute atomic E-state index is 0.284. The minimum atomic E-state index is -0.569. The molecule has 37 heavy (non-hydrogen) atoms. The number of hydrogen-bond donors (Lipinski definition) is 0. The largest absolute Gasteiger partial charge is 0.494 e. The first-order valence-corrected chi connectivity index (χ1v) is 13.9. The third-order valence-corrected chi connectivity index (χ3v) is 7.10. The number of fused-ring (bicyclic) bond motifs is 3. The lowest BCUT2D eigenvalue weighted by atomic mass is 9.94. The zero-order chi connectivity index (χ0) is 25.9. The van der Waals surface area contributed by atoms with Gasteiger partial charge < -0.3 is 14.2 Å². The maximum Gasteiger partial charge on any atom is 0.335 e. The van der Waals surface area contributed by atoms with Gasteiger partial charge in [0, 0.05) is 18.9 Å². The Bertz CT molecular complexity index is 1080. The molecule has 4 rings (SSSR count). The fourth-order valence-electron chi connectivity index (χ4n) is 5.18. The molecule has 0 radical (unpaired) electrons. The third kappa shape index (κ3) is 7.23.